The van der Waals surface area contributed by atoms with Gasteiger partial charge in [0.15, 0.2) is 0 Å². The van der Waals surface area contributed by atoms with Gasteiger partial charge in [-0.1, -0.05) is 6.92 Å². The Kier molecular flexibility index (Phi) is 5.91. The molecular weight excluding hydrogens is 246 g/mol. The second-order valence-corrected chi connectivity index (χ2v) is 6.62. The van der Waals surface area contributed by atoms with Crippen LogP contribution in [0.2, 0.25) is 0 Å². The van der Waals surface area contributed by atoms with Crippen LogP contribution >= 0.6 is 0 Å². The predicted molar refractivity (Wildman–Crippen MR) is 64.2 cm³/mol. The molecule has 0 heterocycles. The van der Waals surface area contributed by atoms with Gasteiger partial charge in [-0.15, -0.1) is 0 Å². The van der Waals surface area contributed by atoms with Crippen LogP contribution < -0.4 is 5.32 Å². The van der Waals surface area contributed by atoms with Gasteiger partial charge < -0.3 is 10.1 Å². The van der Waals surface area contributed by atoms with Crippen LogP contribution in [0, 0.1) is 5.92 Å². The normalized spacial score (nSPS) is 14.2. The summed E-state index contributed by atoms with van der Waals surface area (Å²) >= 11 is 0. The molecule has 0 spiro atoms. The van der Waals surface area contributed by atoms with E-state index >= 15 is 0 Å². The minimum absolute atomic E-state index is 0.0363. The first-order valence-electron chi connectivity index (χ1n) is 5.31. The third-order valence-electron chi connectivity index (χ3n) is 1.56. The van der Waals surface area contributed by atoms with Crippen LogP contribution in [-0.4, -0.2) is 39.5 Å². The average Bonchev–Trinajstić information content (AvgIpc) is 2.07. The Bertz CT molecular complexity index is 344. The van der Waals surface area contributed by atoms with Crippen molar-refractivity contribution >= 4 is 16.2 Å². The van der Waals surface area contributed by atoms with Crippen LogP contribution in [0.15, 0.2) is 0 Å². The number of rotatable bonds is 5. The van der Waals surface area contributed by atoms with Crippen molar-refractivity contribution in [3.8, 4) is 0 Å². The van der Waals surface area contributed by atoms with E-state index in [1.807, 2.05) is 0 Å². The first-order valence-corrected chi connectivity index (χ1v) is 7.12. The lowest BCUT2D eigenvalue weighted by Gasteiger charge is -2.20. The number of nitrogens with one attached hydrogen (secondary N) is 1. The molecule has 0 bridgehead atoms. The molecule has 0 aliphatic rings. The number of hydrogen-bond acceptors (Lipinski definition) is 5. The molecule has 0 aromatic carbocycles. The maximum atomic E-state index is 11.3. The van der Waals surface area contributed by atoms with Crippen LogP contribution in [0.5, 0.6) is 0 Å². The van der Waals surface area contributed by atoms with Crippen LogP contribution in [-0.2, 0) is 19.0 Å². The lowest BCUT2D eigenvalue weighted by Crippen LogP contribution is -2.35. The summed E-state index contributed by atoms with van der Waals surface area (Å²) in [5.41, 5.74) is -0.545. The molecule has 102 valence electrons. The van der Waals surface area contributed by atoms with E-state index in [-0.39, 0.29) is 12.5 Å². The molecule has 17 heavy (non-hydrogen) atoms. The van der Waals surface area contributed by atoms with E-state index < -0.39 is 21.8 Å². The van der Waals surface area contributed by atoms with E-state index in [2.05, 4.69) is 9.50 Å². The van der Waals surface area contributed by atoms with Gasteiger partial charge in [-0.25, -0.2) is 4.79 Å². The van der Waals surface area contributed by atoms with E-state index in [1.165, 1.54) is 0 Å². The van der Waals surface area contributed by atoms with E-state index in [0.29, 0.717) is 6.54 Å². The minimum atomic E-state index is -3.43. The van der Waals surface area contributed by atoms with Crippen LogP contribution in [0.4, 0.5) is 4.79 Å². The Balaban J connectivity index is 3.85. The molecule has 1 atom stereocenters. The highest BCUT2D eigenvalue weighted by atomic mass is 32.2. The van der Waals surface area contributed by atoms with Gasteiger partial charge in [-0.3, -0.25) is 4.18 Å². The largest absolute Gasteiger partial charge is 0.444 e. The van der Waals surface area contributed by atoms with Crippen molar-refractivity contribution in [1.29, 1.82) is 0 Å². The fourth-order valence-corrected chi connectivity index (χ4v) is 1.35. The number of alkyl carbamates (subject to hydrolysis) is 1. The maximum absolute atomic E-state index is 11.3. The van der Waals surface area contributed by atoms with Crippen molar-refractivity contribution in [1.82, 2.24) is 5.32 Å². The summed E-state index contributed by atoms with van der Waals surface area (Å²) in [4.78, 5) is 11.3. The zero-order chi connectivity index (χ0) is 13.7. The monoisotopic (exact) mass is 267 g/mol. The number of amides is 1. The fraction of sp³-hybridized carbons (Fsp3) is 0.900. The average molecular weight is 267 g/mol. The molecule has 1 N–H and O–H groups in total. The van der Waals surface area contributed by atoms with Crippen LogP contribution in [0.1, 0.15) is 27.7 Å². The Morgan fingerprint density at radius 3 is 2.29 bits per heavy atom. The quantitative estimate of drug-likeness (QED) is 0.755. The Hall–Kier alpha value is -0.820. The number of ether oxygens (including phenoxy) is 1. The molecule has 0 saturated carbocycles. The molecule has 0 aliphatic heterocycles. The Morgan fingerprint density at radius 2 is 1.88 bits per heavy atom. The summed E-state index contributed by atoms with van der Waals surface area (Å²) < 4.78 is 31.1. The van der Waals surface area contributed by atoms with E-state index in [1.54, 1.807) is 27.7 Å². The molecule has 0 aromatic rings. The van der Waals surface area contributed by atoms with Crippen molar-refractivity contribution in [2.24, 2.45) is 5.92 Å². The molecular formula is C10H21NO5S. The van der Waals surface area contributed by atoms with E-state index in [0.717, 1.165) is 6.26 Å². The molecule has 0 aromatic heterocycles. The molecule has 0 fully saturated rings. The molecule has 0 aliphatic carbocycles. The standard InChI is InChI=1S/C10H21NO5S/c1-8(7-15-17(5,13)14)6-11-9(12)16-10(2,3)4/h8H,6-7H2,1-5H3,(H,11,12)/t8-/m1/s1. The highest BCUT2D eigenvalue weighted by Gasteiger charge is 2.16. The molecule has 0 unspecified atom stereocenters. The molecule has 7 heteroatoms. The maximum Gasteiger partial charge on any atom is 0.407 e. The molecule has 6 nitrogen and oxygen atoms in total. The zero-order valence-electron chi connectivity index (χ0n) is 10.9. The lowest BCUT2D eigenvalue weighted by atomic mass is 10.2. The summed E-state index contributed by atoms with van der Waals surface area (Å²) in [5, 5.41) is 2.54. The second kappa shape index (κ2) is 6.20. The highest BCUT2D eigenvalue weighted by molar-refractivity contribution is 7.85. The summed E-state index contributed by atoms with van der Waals surface area (Å²) in [7, 11) is -3.43. The van der Waals surface area contributed by atoms with Crippen LogP contribution in [0.25, 0.3) is 0 Å². The van der Waals surface area contributed by atoms with Gasteiger partial charge >= 0.3 is 6.09 Å². The summed E-state index contributed by atoms with van der Waals surface area (Å²) in [6.07, 6.45) is 0.463. The van der Waals surface area contributed by atoms with E-state index in [9.17, 15) is 13.2 Å². The summed E-state index contributed by atoms with van der Waals surface area (Å²) in [6.45, 7) is 7.40. The Labute approximate surface area is 103 Å². The van der Waals surface area contributed by atoms with Gasteiger partial charge in [0.05, 0.1) is 12.9 Å². The smallest absolute Gasteiger partial charge is 0.407 e. The SMILES string of the molecule is C[C@H](CNC(=O)OC(C)(C)C)COS(C)(=O)=O. The third-order valence-corrected chi connectivity index (χ3v) is 2.12. The van der Waals surface area contributed by atoms with Gasteiger partial charge in [0, 0.05) is 6.54 Å². The second-order valence-electron chi connectivity index (χ2n) is 4.98. The third kappa shape index (κ3) is 11.4. The summed E-state index contributed by atoms with van der Waals surface area (Å²) in [6, 6.07) is 0. The Morgan fingerprint density at radius 1 is 1.35 bits per heavy atom. The lowest BCUT2D eigenvalue weighted by molar-refractivity contribution is 0.0517. The highest BCUT2D eigenvalue weighted by Crippen LogP contribution is 2.06. The van der Waals surface area contributed by atoms with Crippen molar-refractivity contribution in [3.05, 3.63) is 0 Å². The van der Waals surface area contributed by atoms with E-state index in [4.69, 9.17) is 4.74 Å². The minimum Gasteiger partial charge on any atom is -0.444 e. The van der Waals surface area contributed by atoms with Crippen molar-refractivity contribution < 1.29 is 22.1 Å². The first kappa shape index (κ1) is 16.2. The van der Waals surface area contributed by atoms with Gasteiger partial charge in [-0.2, -0.15) is 8.42 Å². The molecule has 0 rings (SSSR count). The van der Waals surface area contributed by atoms with Gasteiger partial charge in [-0.05, 0) is 26.7 Å². The van der Waals surface area contributed by atoms with Gasteiger partial charge in [0.25, 0.3) is 10.1 Å². The number of hydrogen-bond donors (Lipinski definition) is 1. The van der Waals surface area contributed by atoms with Crippen molar-refractivity contribution in [2.75, 3.05) is 19.4 Å². The van der Waals surface area contributed by atoms with Crippen molar-refractivity contribution in [3.63, 3.8) is 0 Å². The molecule has 0 radical (unpaired) electrons. The summed E-state index contributed by atoms with van der Waals surface area (Å²) in [5.74, 6) is -0.114. The first-order chi connectivity index (χ1) is 7.49. The molecule has 1 amide bonds. The van der Waals surface area contributed by atoms with Crippen molar-refractivity contribution in [2.45, 2.75) is 33.3 Å². The molecule has 0 saturated heterocycles. The number of carbonyl (C=O) groups excluding carboxylic acids is 1. The topological polar surface area (TPSA) is 81.7 Å². The fourth-order valence-electron chi connectivity index (χ4n) is 0.870. The predicted octanol–water partition coefficient (Wildman–Crippen LogP) is 1.12. The van der Waals surface area contributed by atoms with Gasteiger partial charge in [0.2, 0.25) is 0 Å². The van der Waals surface area contributed by atoms with Crippen LogP contribution in [0.3, 0.4) is 0 Å². The van der Waals surface area contributed by atoms with Gasteiger partial charge in [0.1, 0.15) is 5.60 Å². The number of carbonyl (C=O) groups is 1. The zero-order valence-corrected chi connectivity index (χ0v) is 11.8.